The Kier molecular flexibility index (Phi) is 4.69. The predicted molar refractivity (Wildman–Crippen MR) is 86.2 cm³/mol. The largest absolute Gasteiger partial charge is 0.380 e. The Hall–Kier alpha value is -1.64. The van der Waals surface area contributed by atoms with Crippen LogP contribution in [0.3, 0.4) is 0 Å². The summed E-state index contributed by atoms with van der Waals surface area (Å²) in [5.74, 6) is 0. The molecule has 0 aliphatic heterocycles. The Labute approximate surface area is 127 Å². The SMILES string of the molecule is COCc1ccc(CNC2CCc3ccccc3C2)cc1. The number of hydrogen-bond acceptors (Lipinski definition) is 2. The lowest BCUT2D eigenvalue weighted by molar-refractivity contribution is 0.185. The lowest BCUT2D eigenvalue weighted by atomic mass is 9.88. The van der Waals surface area contributed by atoms with E-state index in [1.165, 1.54) is 35.1 Å². The fourth-order valence-corrected chi connectivity index (χ4v) is 3.05. The molecule has 110 valence electrons. The molecule has 0 heterocycles. The van der Waals surface area contributed by atoms with Gasteiger partial charge in [-0.1, -0.05) is 48.5 Å². The zero-order valence-electron chi connectivity index (χ0n) is 12.6. The molecule has 0 amide bonds. The molecule has 0 aromatic heterocycles. The highest BCUT2D eigenvalue weighted by molar-refractivity contribution is 5.30. The smallest absolute Gasteiger partial charge is 0.0713 e. The fourth-order valence-electron chi connectivity index (χ4n) is 3.05. The van der Waals surface area contributed by atoms with Crippen molar-refractivity contribution < 1.29 is 4.74 Å². The van der Waals surface area contributed by atoms with Gasteiger partial charge in [0.15, 0.2) is 0 Å². The van der Waals surface area contributed by atoms with Crippen molar-refractivity contribution in [2.75, 3.05) is 7.11 Å². The molecule has 1 unspecified atom stereocenters. The van der Waals surface area contributed by atoms with Gasteiger partial charge in [-0.2, -0.15) is 0 Å². The zero-order valence-corrected chi connectivity index (χ0v) is 12.6. The van der Waals surface area contributed by atoms with Gasteiger partial charge in [0.05, 0.1) is 6.61 Å². The average molecular weight is 281 g/mol. The Morgan fingerprint density at radius 3 is 2.48 bits per heavy atom. The molecule has 0 fully saturated rings. The van der Waals surface area contributed by atoms with E-state index in [9.17, 15) is 0 Å². The second-order valence-corrected chi connectivity index (χ2v) is 5.84. The Bertz CT molecular complexity index is 576. The first-order valence-electron chi connectivity index (χ1n) is 7.72. The highest BCUT2D eigenvalue weighted by Crippen LogP contribution is 2.21. The van der Waals surface area contributed by atoms with Crippen molar-refractivity contribution in [3.05, 3.63) is 70.8 Å². The van der Waals surface area contributed by atoms with Crippen LogP contribution in [0.15, 0.2) is 48.5 Å². The van der Waals surface area contributed by atoms with Crippen LogP contribution in [-0.2, 0) is 30.7 Å². The van der Waals surface area contributed by atoms with E-state index in [0.717, 1.165) is 13.0 Å². The highest BCUT2D eigenvalue weighted by atomic mass is 16.5. The van der Waals surface area contributed by atoms with Gasteiger partial charge in [-0.15, -0.1) is 0 Å². The van der Waals surface area contributed by atoms with Gasteiger partial charge in [-0.05, 0) is 41.5 Å². The number of benzene rings is 2. The van der Waals surface area contributed by atoms with Crippen LogP contribution in [0, 0.1) is 0 Å². The van der Waals surface area contributed by atoms with Gasteiger partial charge in [0.25, 0.3) is 0 Å². The zero-order chi connectivity index (χ0) is 14.5. The summed E-state index contributed by atoms with van der Waals surface area (Å²) in [6.45, 7) is 1.63. The van der Waals surface area contributed by atoms with Gasteiger partial charge < -0.3 is 10.1 Å². The number of hydrogen-bond donors (Lipinski definition) is 1. The van der Waals surface area contributed by atoms with E-state index in [0.29, 0.717) is 12.6 Å². The maximum absolute atomic E-state index is 5.14. The summed E-state index contributed by atoms with van der Waals surface area (Å²) in [6.07, 6.45) is 3.58. The van der Waals surface area contributed by atoms with E-state index in [2.05, 4.69) is 53.8 Å². The summed E-state index contributed by atoms with van der Waals surface area (Å²) in [4.78, 5) is 0. The molecule has 1 atom stereocenters. The van der Waals surface area contributed by atoms with E-state index >= 15 is 0 Å². The molecule has 1 aliphatic carbocycles. The minimum Gasteiger partial charge on any atom is -0.380 e. The maximum atomic E-state index is 5.14. The summed E-state index contributed by atoms with van der Waals surface area (Å²) in [6, 6.07) is 18.1. The van der Waals surface area contributed by atoms with Gasteiger partial charge >= 0.3 is 0 Å². The van der Waals surface area contributed by atoms with Crippen molar-refractivity contribution in [1.29, 1.82) is 0 Å². The third kappa shape index (κ3) is 3.72. The van der Waals surface area contributed by atoms with E-state index < -0.39 is 0 Å². The van der Waals surface area contributed by atoms with Crippen LogP contribution in [-0.4, -0.2) is 13.2 Å². The fraction of sp³-hybridized carbons (Fsp3) is 0.368. The molecule has 0 bridgehead atoms. The van der Waals surface area contributed by atoms with E-state index in [1.807, 2.05) is 0 Å². The second kappa shape index (κ2) is 6.88. The minimum absolute atomic E-state index is 0.596. The van der Waals surface area contributed by atoms with E-state index in [1.54, 1.807) is 7.11 Å². The number of nitrogens with one attached hydrogen (secondary N) is 1. The lowest BCUT2D eigenvalue weighted by Gasteiger charge is -2.25. The van der Waals surface area contributed by atoms with E-state index in [4.69, 9.17) is 4.74 Å². The molecule has 2 aromatic rings. The molecular weight excluding hydrogens is 258 g/mol. The molecular formula is C19H23NO. The van der Waals surface area contributed by atoms with Crippen molar-refractivity contribution in [1.82, 2.24) is 5.32 Å². The van der Waals surface area contributed by atoms with Crippen molar-refractivity contribution in [2.24, 2.45) is 0 Å². The second-order valence-electron chi connectivity index (χ2n) is 5.84. The van der Waals surface area contributed by atoms with Gasteiger partial charge in [0, 0.05) is 19.7 Å². The summed E-state index contributed by atoms with van der Waals surface area (Å²) in [5.41, 5.74) is 5.61. The first-order chi connectivity index (χ1) is 10.3. The van der Waals surface area contributed by atoms with Crippen LogP contribution in [0.1, 0.15) is 28.7 Å². The first-order valence-corrected chi connectivity index (χ1v) is 7.72. The topological polar surface area (TPSA) is 21.3 Å². The van der Waals surface area contributed by atoms with Gasteiger partial charge in [0.2, 0.25) is 0 Å². The Morgan fingerprint density at radius 1 is 1.00 bits per heavy atom. The van der Waals surface area contributed by atoms with E-state index in [-0.39, 0.29) is 0 Å². The maximum Gasteiger partial charge on any atom is 0.0713 e. The van der Waals surface area contributed by atoms with Gasteiger partial charge in [-0.25, -0.2) is 0 Å². The average Bonchev–Trinajstić information content (AvgIpc) is 2.54. The minimum atomic E-state index is 0.596. The third-order valence-electron chi connectivity index (χ3n) is 4.28. The number of aryl methyl sites for hydroxylation is 1. The number of methoxy groups -OCH3 is 1. The van der Waals surface area contributed by atoms with Crippen LogP contribution in [0.2, 0.25) is 0 Å². The van der Waals surface area contributed by atoms with Gasteiger partial charge in [0.1, 0.15) is 0 Å². The van der Waals surface area contributed by atoms with Crippen molar-refractivity contribution >= 4 is 0 Å². The molecule has 1 aliphatic rings. The van der Waals surface area contributed by atoms with Crippen molar-refractivity contribution in [2.45, 2.75) is 38.5 Å². The lowest BCUT2D eigenvalue weighted by Crippen LogP contribution is -2.34. The molecule has 2 nitrogen and oxygen atoms in total. The molecule has 3 rings (SSSR count). The van der Waals surface area contributed by atoms with Crippen molar-refractivity contribution in [3.63, 3.8) is 0 Å². The van der Waals surface area contributed by atoms with Crippen LogP contribution in [0.25, 0.3) is 0 Å². The van der Waals surface area contributed by atoms with Crippen molar-refractivity contribution in [3.8, 4) is 0 Å². The molecule has 0 radical (unpaired) electrons. The number of rotatable bonds is 5. The first kappa shape index (κ1) is 14.3. The summed E-state index contributed by atoms with van der Waals surface area (Å²) < 4.78 is 5.14. The molecule has 0 saturated carbocycles. The number of fused-ring (bicyclic) bond motifs is 1. The molecule has 21 heavy (non-hydrogen) atoms. The van der Waals surface area contributed by atoms with Crippen LogP contribution in [0.4, 0.5) is 0 Å². The summed E-state index contributed by atoms with van der Waals surface area (Å²) >= 11 is 0. The predicted octanol–water partition coefficient (Wildman–Crippen LogP) is 3.48. The Morgan fingerprint density at radius 2 is 1.71 bits per heavy atom. The van der Waals surface area contributed by atoms with Crippen LogP contribution in [0.5, 0.6) is 0 Å². The van der Waals surface area contributed by atoms with Crippen LogP contribution < -0.4 is 5.32 Å². The quantitative estimate of drug-likeness (QED) is 0.906. The summed E-state index contributed by atoms with van der Waals surface area (Å²) in [5, 5.41) is 3.70. The number of ether oxygens (including phenoxy) is 1. The Balaban J connectivity index is 1.54. The summed E-state index contributed by atoms with van der Waals surface area (Å²) in [7, 11) is 1.73. The third-order valence-corrected chi connectivity index (χ3v) is 4.28. The molecule has 0 spiro atoms. The molecule has 2 aromatic carbocycles. The normalized spacial score (nSPS) is 17.5. The van der Waals surface area contributed by atoms with Crippen LogP contribution >= 0.6 is 0 Å². The standard InChI is InChI=1S/C19H23NO/c1-21-14-16-8-6-15(7-9-16)13-20-19-11-10-17-4-2-3-5-18(17)12-19/h2-9,19-20H,10-14H2,1H3. The monoisotopic (exact) mass is 281 g/mol. The molecule has 1 N–H and O–H groups in total. The molecule has 2 heteroatoms. The van der Waals surface area contributed by atoms with Gasteiger partial charge in [-0.3, -0.25) is 0 Å². The molecule has 0 saturated heterocycles. The highest BCUT2D eigenvalue weighted by Gasteiger charge is 2.17.